The summed E-state index contributed by atoms with van der Waals surface area (Å²) in [5.41, 5.74) is 6.10. The van der Waals surface area contributed by atoms with Crippen LogP contribution in [0.1, 0.15) is 46.0 Å². The van der Waals surface area contributed by atoms with Crippen LogP contribution in [0.4, 0.5) is 0 Å². The first-order valence-electron chi connectivity index (χ1n) is 6.18. The van der Waals surface area contributed by atoms with Crippen LogP contribution in [0, 0.1) is 5.92 Å². The van der Waals surface area contributed by atoms with Gasteiger partial charge in [0.2, 0.25) is 0 Å². The molecule has 84 valence electrons. The van der Waals surface area contributed by atoms with Crippen molar-refractivity contribution in [3.63, 3.8) is 0 Å². The van der Waals surface area contributed by atoms with Crippen LogP contribution >= 0.6 is 0 Å². The Morgan fingerprint density at radius 2 is 1.50 bits per heavy atom. The van der Waals surface area contributed by atoms with E-state index in [1.165, 1.54) is 45.2 Å². The Hall–Kier alpha value is -0.0800. The van der Waals surface area contributed by atoms with E-state index < -0.39 is 0 Å². The van der Waals surface area contributed by atoms with Crippen LogP contribution in [0.5, 0.6) is 0 Å². The average molecular weight is 198 g/mol. The molecule has 2 heteroatoms. The Labute approximate surface area is 88.8 Å². The van der Waals surface area contributed by atoms with Crippen molar-refractivity contribution in [1.29, 1.82) is 0 Å². The molecule has 1 atom stereocenters. The minimum Gasteiger partial charge on any atom is -0.326 e. The van der Waals surface area contributed by atoms with E-state index in [0.29, 0.717) is 12.0 Å². The lowest BCUT2D eigenvalue weighted by Gasteiger charge is -2.28. The molecule has 0 aliphatic carbocycles. The summed E-state index contributed by atoms with van der Waals surface area (Å²) >= 11 is 0. The van der Waals surface area contributed by atoms with Crippen LogP contribution in [0.2, 0.25) is 0 Å². The van der Waals surface area contributed by atoms with Crippen LogP contribution in [-0.2, 0) is 0 Å². The molecule has 2 N–H and O–H groups in total. The first kappa shape index (κ1) is 12.0. The fourth-order valence-corrected chi connectivity index (χ4v) is 2.00. The maximum Gasteiger partial charge on any atom is 0.0191 e. The maximum absolute atomic E-state index is 6.10. The molecule has 1 heterocycles. The smallest absolute Gasteiger partial charge is 0.0191 e. The third-order valence-corrected chi connectivity index (χ3v) is 3.27. The molecule has 0 saturated carbocycles. The van der Waals surface area contributed by atoms with E-state index in [0.717, 1.165) is 6.54 Å². The van der Waals surface area contributed by atoms with E-state index in [2.05, 4.69) is 18.7 Å². The summed E-state index contributed by atoms with van der Waals surface area (Å²) in [5, 5.41) is 0. The summed E-state index contributed by atoms with van der Waals surface area (Å²) < 4.78 is 0. The molecule has 0 aromatic carbocycles. The van der Waals surface area contributed by atoms with Gasteiger partial charge in [-0.15, -0.1) is 0 Å². The van der Waals surface area contributed by atoms with Gasteiger partial charge in [-0.1, -0.05) is 33.1 Å². The first-order chi connectivity index (χ1) is 6.70. The predicted octanol–water partition coefficient (Wildman–Crippen LogP) is 2.24. The van der Waals surface area contributed by atoms with Crippen molar-refractivity contribution in [3.05, 3.63) is 0 Å². The van der Waals surface area contributed by atoms with E-state index in [9.17, 15) is 0 Å². The highest BCUT2D eigenvalue weighted by Gasteiger charge is 2.14. The zero-order valence-electron chi connectivity index (χ0n) is 9.84. The van der Waals surface area contributed by atoms with Gasteiger partial charge in [-0.05, 0) is 31.8 Å². The van der Waals surface area contributed by atoms with Gasteiger partial charge in [-0.25, -0.2) is 0 Å². The normalized spacial score (nSPS) is 23.1. The van der Waals surface area contributed by atoms with Crippen molar-refractivity contribution in [3.8, 4) is 0 Å². The Bertz CT molecular complexity index is 137. The molecule has 0 aromatic heterocycles. The van der Waals surface area contributed by atoms with Crippen molar-refractivity contribution in [2.45, 2.75) is 52.0 Å². The summed E-state index contributed by atoms with van der Waals surface area (Å²) in [6, 6.07) is 0.356. The van der Waals surface area contributed by atoms with E-state index >= 15 is 0 Å². The number of hydrogen-bond donors (Lipinski definition) is 1. The summed E-state index contributed by atoms with van der Waals surface area (Å²) in [4.78, 5) is 2.56. The van der Waals surface area contributed by atoms with Gasteiger partial charge in [-0.3, -0.25) is 0 Å². The summed E-state index contributed by atoms with van der Waals surface area (Å²) in [6.07, 6.45) is 6.99. The topological polar surface area (TPSA) is 29.3 Å². The average Bonchev–Trinajstić information content (AvgIpc) is 2.08. The quantitative estimate of drug-likeness (QED) is 0.753. The second-order valence-electron chi connectivity index (χ2n) is 4.98. The van der Waals surface area contributed by atoms with Crippen LogP contribution < -0.4 is 5.73 Å². The number of likely N-dealkylation sites (tertiary alicyclic amines) is 1. The summed E-state index contributed by atoms with van der Waals surface area (Å²) in [5.74, 6) is 0.612. The predicted molar refractivity (Wildman–Crippen MR) is 62.3 cm³/mol. The Morgan fingerprint density at radius 1 is 1.00 bits per heavy atom. The SMILES string of the molecule is CC(C)[C@H](N)CN1CCCCCCC1. The molecule has 0 unspecified atom stereocenters. The van der Waals surface area contributed by atoms with E-state index in [4.69, 9.17) is 5.73 Å². The van der Waals surface area contributed by atoms with Gasteiger partial charge < -0.3 is 10.6 Å². The Balaban J connectivity index is 2.26. The highest BCUT2D eigenvalue weighted by atomic mass is 15.1. The molecule has 1 aliphatic rings. The van der Waals surface area contributed by atoms with Gasteiger partial charge in [-0.2, -0.15) is 0 Å². The molecular formula is C12H26N2. The molecule has 0 amide bonds. The van der Waals surface area contributed by atoms with Crippen molar-refractivity contribution < 1.29 is 0 Å². The Kier molecular flexibility index (Phi) is 5.49. The van der Waals surface area contributed by atoms with E-state index in [1.807, 2.05) is 0 Å². The minimum atomic E-state index is 0.356. The molecule has 0 radical (unpaired) electrons. The number of nitrogens with two attached hydrogens (primary N) is 1. The number of rotatable bonds is 3. The molecule has 0 bridgehead atoms. The number of nitrogens with zero attached hydrogens (tertiary/aromatic N) is 1. The lowest BCUT2D eigenvalue weighted by Crippen LogP contribution is -2.41. The highest BCUT2D eigenvalue weighted by molar-refractivity contribution is 4.72. The molecule has 1 rings (SSSR count). The van der Waals surface area contributed by atoms with Crippen LogP contribution in [0.3, 0.4) is 0 Å². The lowest BCUT2D eigenvalue weighted by atomic mass is 10.0. The molecule has 1 fully saturated rings. The maximum atomic E-state index is 6.10. The van der Waals surface area contributed by atoms with Crippen molar-refractivity contribution in [2.24, 2.45) is 11.7 Å². The first-order valence-corrected chi connectivity index (χ1v) is 6.18. The zero-order valence-corrected chi connectivity index (χ0v) is 9.84. The molecule has 2 nitrogen and oxygen atoms in total. The monoisotopic (exact) mass is 198 g/mol. The minimum absolute atomic E-state index is 0.356. The molecule has 0 aromatic rings. The third kappa shape index (κ3) is 4.43. The molecule has 14 heavy (non-hydrogen) atoms. The fraction of sp³-hybridized carbons (Fsp3) is 1.00. The van der Waals surface area contributed by atoms with Crippen LogP contribution in [-0.4, -0.2) is 30.6 Å². The fourth-order valence-electron chi connectivity index (χ4n) is 2.00. The van der Waals surface area contributed by atoms with E-state index in [1.54, 1.807) is 0 Å². The molecular weight excluding hydrogens is 172 g/mol. The van der Waals surface area contributed by atoms with Crippen molar-refractivity contribution >= 4 is 0 Å². The van der Waals surface area contributed by atoms with Gasteiger partial charge in [0.15, 0.2) is 0 Å². The van der Waals surface area contributed by atoms with Gasteiger partial charge in [0, 0.05) is 12.6 Å². The Morgan fingerprint density at radius 3 is 2.00 bits per heavy atom. The van der Waals surface area contributed by atoms with Gasteiger partial charge in [0.25, 0.3) is 0 Å². The van der Waals surface area contributed by atoms with E-state index in [-0.39, 0.29) is 0 Å². The standard InChI is InChI=1S/C12H26N2/c1-11(2)12(13)10-14-8-6-4-3-5-7-9-14/h11-12H,3-10,13H2,1-2H3/t12-/m1/s1. The van der Waals surface area contributed by atoms with Crippen LogP contribution in [0.15, 0.2) is 0 Å². The van der Waals surface area contributed by atoms with Gasteiger partial charge in [0.1, 0.15) is 0 Å². The molecule has 1 saturated heterocycles. The van der Waals surface area contributed by atoms with Gasteiger partial charge in [0.05, 0.1) is 0 Å². The number of hydrogen-bond acceptors (Lipinski definition) is 2. The lowest BCUT2D eigenvalue weighted by molar-refractivity contribution is 0.218. The van der Waals surface area contributed by atoms with Crippen molar-refractivity contribution in [2.75, 3.05) is 19.6 Å². The largest absolute Gasteiger partial charge is 0.326 e. The third-order valence-electron chi connectivity index (χ3n) is 3.27. The molecule has 1 aliphatic heterocycles. The summed E-state index contributed by atoms with van der Waals surface area (Å²) in [7, 11) is 0. The highest BCUT2D eigenvalue weighted by Crippen LogP contribution is 2.11. The van der Waals surface area contributed by atoms with Crippen molar-refractivity contribution in [1.82, 2.24) is 4.90 Å². The summed E-state index contributed by atoms with van der Waals surface area (Å²) in [6.45, 7) is 8.06. The van der Waals surface area contributed by atoms with Gasteiger partial charge >= 0.3 is 0 Å². The zero-order chi connectivity index (χ0) is 10.4. The van der Waals surface area contributed by atoms with Crippen LogP contribution in [0.25, 0.3) is 0 Å². The second kappa shape index (κ2) is 6.41. The second-order valence-corrected chi connectivity index (χ2v) is 4.98. The molecule has 0 spiro atoms.